The van der Waals surface area contributed by atoms with Gasteiger partial charge in [-0.05, 0) is 38.0 Å². The van der Waals surface area contributed by atoms with Gasteiger partial charge in [-0.2, -0.15) is 4.98 Å². The zero-order valence-corrected chi connectivity index (χ0v) is 20.2. The van der Waals surface area contributed by atoms with Crippen LogP contribution in [0.25, 0.3) is 33.5 Å². The first-order valence-electron chi connectivity index (χ1n) is 11.7. The number of para-hydroxylation sites is 1. The molecule has 5 heterocycles. The molecule has 2 N–H and O–H groups in total. The van der Waals surface area contributed by atoms with Gasteiger partial charge in [-0.1, -0.05) is 18.2 Å². The van der Waals surface area contributed by atoms with Crippen molar-refractivity contribution in [3.8, 4) is 17.4 Å². The van der Waals surface area contributed by atoms with Crippen molar-refractivity contribution in [2.45, 2.75) is 25.8 Å². The molecule has 0 spiro atoms. The molecule has 36 heavy (non-hydrogen) atoms. The van der Waals surface area contributed by atoms with E-state index < -0.39 is 5.97 Å². The molecule has 0 unspecified atom stereocenters. The van der Waals surface area contributed by atoms with Crippen LogP contribution >= 0.6 is 0 Å². The Balaban J connectivity index is 1.40. The maximum atomic E-state index is 12.1. The molecular weight excluding hydrogens is 458 g/mol. The van der Waals surface area contributed by atoms with E-state index in [1.54, 1.807) is 12.3 Å². The molecule has 10 heteroatoms. The third-order valence-corrected chi connectivity index (χ3v) is 6.42. The fraction of sp³-hybridized carbons (Fsp3) is 0.269. The van der Waals surface area contributed by atoms with E-state index in [1.807, 2.05) is 22.9 Å². The summed E-state index contributed by atoms with van der Waals surface area (Å²) in [6, 6.07) is 10.4. The lowest BCUT2D eigenvalue weighted by atomic mass is 10.1. The fourth-order valence-electron chi connectivity index (χ4n) is 4.58. The number of imidazole rings is 1. The van der Waals surface area contributed by atoms with Gasteiger partial charge in [0.2, 0.25) is 0 Å². The van der Waals surface area contributed by atoms with Crippen molar-refractivity contribution in [2.24, 2.45) is 0 Å². The van der Waals surface area contributed by atoms with Gasteiger partial charge in [-0.3, -0.25) is 9.55 Å². The van der Waals surface area contributed by atoms with E-state index in [9.17, 15) is 4.79 Å². The molecule has 0 saturated carbocycles. The summed E-state index contributed by atoms with van der Waals surface area (Å²) in [5, 5.41) is 4.66. The highest BCUT2D eigenvalue weighted by molar-refractivity contribution is 5.91. The van der Waals surface area contributed by atoms with Crippen molar-refractivity contribution in [1.29, 1.82) is 0 Å². The van der Waals surface area contributed by atoms with Gasteiger partial charge in [0.25, 0.3) is 6.01 Å². The molecular formula is C26H25N7O3. The van der Waals surface area contributed by atoms with Crippen LogP contribution in [0.3, 0.4) is 0 Å². The number of benzene rings is 1. The topological polar surface area (TPSA) is 120 Å². The summed E-state index contributed by atoms with van der Waals surface area (Å²) in [7, 11) is 1.34. The Bertz CT molecular complexity index is 1620. The molecule has 0 amide bonds. The van der Waals surface area contributed by atoms with Crippen molar-refractivity contribution in [3.05, 3.63) is 60.0 Å². The number of nitrogens with zero attached hydrogens (tertiary/aromatic N) is 5. The van der Waals surface area contributed by atoms with Gasteiger partial charge in [0.15, 0.2) is 22.8 Å². The molecule has 0 aliphatic carbocycles. The quantitative estimate of drug-likeness (QED) is 0.349. The summed E-state index contributed by atoms with van der Waals surface area (Å²) in [4.78, 5) is 33.9. The number of fused-ring (bicyclic) bond motifs is 4. The van der Waals surface area contributed by atoms with E-state index in [4.69, 9.17) is 24.4 Å². The molecule has 0 bridgehead atoms. The SMILES string of the molecule is COC(=O)c1cncc(-c2nc(NCCc3c[nH]c4ccccc34)c3nc4n(c3n2)C(C)(C)CO4)c1. The second-order valence-corrected chi connectivity index (χ2v) is 9.39. The van der Waals surface area contributed by atoms with Crippen LogP contribution in [0.1, 0.15) is 29.8 Å². The normalized spacial score (nSPS) is 14.1. The Labute approximate surface area is 206 Å². The number of ether oxygens (including phenoxy) is 2. The minimum absolute atomic E-state index is 0.316. The average molecular weight is 484 g/mol. The number of anilines is 1. The minimum Gasteiger partial charge on any atom is -0.465 e. The van der Waals surface area contributed by atoms with Crippen LogP contribution in [0, 0.1) is 0 Å². The largest absolute Gasteiger partial charge is 0.465 e. The Morgan fingerprint density at radius 1 is 1.22 bits per heavy atom. The number of nitrogens with one attached hydrogen (secondary N) is 2. The summed E-state index contributed by atoms with van der Waals surface area (Å²) >= 11 is 0. The number of aromatic amines is 1. The number of rotatable bonds is 6. The molecule has 4 aromatic heterocycles. The van der Waals surface area contributed by atoms with E-state index in [1.165, 1.54) is 24.3 Å². The van der Waals surface area contributed by atoms with Gasteiger partial charge < -0.3 is 19.8 Å². The van der Waals surface area contributed by atoms with Crippen LogP contribution in [-0.2, 0) is 16.7 Å². The van der Waals surface area contributed by atoms with Crippen LogP contribution < -0.4 is 10.1 Å². The Kier molecular flexibility index (Phi) is 5.10. The van der Waals surface area contributed by atoms with Crippen molar-refractivity contribution in [3.63, 3.8) is 0 Å². The summed E-state index contributed by atoms with van der Waals surface area (Å²) < 4.78 is 12.7. The van der Waals surface area contributed by atoms with Crippen molar-refractivity contribution >= 4 is 33.9 Å². The van der Waals surface area contributed by atoms with Crippen molar-refractivity contribution in [2.75, 3.05) is 25.6 Å². The molecule has 0 saturated heterocycles. The number of H-pyrrole nitrogens is 1. The first kappa shape index (κ1) is 22.0. The van der Waals surface area contributed by atoms with Gasteiger partial charge in [0.1, 0.15) is 6.61 Å². The van der Waals surface area contributed by atoms with Crippen molar-refractivity contribution in [1.82, 2.24) is 29.5 Å². The van der Waals surface area contributed by atoms with E-state index in [0.29, 0.717) is 53.1 Å². The third-order valence-electron chi connectivity index (χ3n) is 6.42. The summed E-state index contributed by atoms with van der Waals surface area (Å²) in [5.74, 6) is 0.558. The minimum atomic E-state index is -0.470. The Hall–Kier alpha value is -4.47. The number of aromatic nitrogens is 6. The zero-order chi connectivity index (χ0) is 24.9. The lowest BCUT2D eigenvalue weighted by molar-refractivity contribution is 0.0600. The summed E-state index contributed by atoms with van der Waals surface area (Å²) in [6.07, 6.45) is 5.92. The Morgan fingerprint density at radius 3 is 2.94 bits per heavy atom. The predicted octanol–water partition coefficient (Wildman–Crippen LogP) is 3.94. The number of carbonyl (C=O) groups is 1. The zero-order valence-electron chi connectivity index (χ0n) is 20.2. The number of hydrogen-bond donors (Lipinski definition) is 2. The number of hydrogen-bond acceptors (Lipinski definition) is 8. The molecule has 6 rings (SSSR count). The number of esters is 1. The van der Waals surface area contributed by atoms with E-state index in [2.05, 4.69) is 41.3 Å². The van der Waals surface area contributed by atoms with Crippen LogP contribution in [0.15, 0.2) is 48.9 Å². The van der Waals surface area contributed by atoms with Crippen LogP contribution in [0.4, 0.5) is 5.82 Å². The molecule has 182 valence electrons. The molecule has 1 aliphatic rings. The molecule has 10 nitrogen and oxygen atoms in total. The van der Waals surface area contributed by atoms with E-state index in [0.717, 1.165) is 11.9 Å². The molecule has 0 fully saturated rings. The smallest absolute Gasteiger partial charge is 0.339 e. The Morgan fingerprint density at radius 2 is 2.08 bits per heavy atom. The fourth-order valence-corrected chi connectivity index (χ4v) is 4.58. The second kappa shape index (κ2) is 8.33. The van der Waals surface area contributed by atoms with Crippen LogP contribution in [0.2, 0.25) is 0 Å². The monoisotopic (exact) mass is 483 g/mol. The third kappa shape index (κ3) is 3.62. The molecule has 5 aromatic rings. The van der Waals surface area contributed by atoms with Crippen LogP contribution in [-0.4, -0.2) is 55.7 Å². The van der Waals surface area contributed by atoms with Gasteiger partial charge in [-0.25, -0.2) is 14.8 Å². The molecule has 1 aromatic carbocycles. The standard InChI is InChI=1S/C26H25N7O3/c1-26(2)14-36-25-30-20-22(28-9-8-15-13-29-19-7-5-4-6-18(15)19)31-21(32-23(20)33(25)26)16-10-17(12-27-11-16)24(34)35-3/h4-7,10-13,29H,8-9,14H2,1-3H3,(H,28,31,32). The van der Waals surface area contributed by atoms with Crippen LogP contribution in [0.5, 0.6) is 6.01 Å². The average Bonchev–Trinajstić information content (AvgIpc) is 3.57. The highest BCUT2D eigenvalue weighted by Gasteiger charge is 2.36. The lowest BCUT2D eigenvalue weighted by Gasteiger charge is -2.18. The molecule has 0 atom stereocenters. The second-order valence-electron chi connectivity index (χ2n) is 9.39. The van der Waals surface area contributed by atoms with E-state index in [-0.39, 0.29) is 5.54 Å². The first-order chi connectivity index (χ1) is 17.4. The van der Waals surface area contributed by atoms with Gasteiger partial charge >= 0.3 is 5.97 Å². The molecule has 1 aliphatic heterocycles. The van der Waals surface area contributed by atoms with Gasteiger partial charge in [0, 0.05) is 41.6 Å². The maximum Gasteiger partial charge on any atom is 0.339 e. The predicted molar refractivity (Wildman–Crippen MR) is 135 cm³/mol. The highest BCUT2D eigenvalue weighted by atomic mass is 16.5. The first-order valence-corrected chi connectivity index (χ1v) is 11.7. The number of pyridine rings is 1. The molecule has 0 radical (unpaired) electrons. The number of methoxy groups -OCH3 is 1. The van der Waals surface area contributed by atoms with Crippen molar-refractivity contribution < 1.29 is 14.3 Å². The number of carbonyl (C=O) groups excluding carboxylic acids is 1. The van der Waals surface area contributed by atoms with Gasteiger partial charge in [-0.15, -0.1) is 0 Å². The summed E-state index contributed by atoms with van der Waals surface area (Å²) in [6.45, 7) is 5.31. The van der Waals surface area contributed by atoms with E-state index >= 15 is 0 Å². The highest BCUT2D eigenvalue weighted by Crippen LogP contribution is 2.37. The van der Waals surface area contributed by atoms with Gasteiger partial charge in [0.05, 0.1) is 18.2 Å². The summed E-state index contributed by atoms with van der Waals surface area (Å²) in [5.41, 5.74) is 4.25. The lowest BCUT2D eigenvalue weighted by Crippen LogP contribution is -2.26. The maximum absolute atomic E-state index is 12.1.